The van der Waals surface area contributed by atoms with Gasteiger partial charge in [-0.15, -0.1) is 0 Å². The van der Waals surface area contributed by atoms with Crippen LogP contribution < -0.4 is 20.5 Å². The first-order valence-corrected chi connectivity index (χ1v) is 6.89. The maximum atomic E-state index is 12.2. The second-order valence-electron chi connectivity index (χ2n) is 4.96. The van der Waals surface area contributed by atoms with Gasteiger partial charge in [-0.1, -0.05) is 26.1 Å². The number of fused-ring (bicyclic) bond motifs is 1. The topological polar surface area (TPSA) is 73.6 Å². The fourth-order valence-corrected chi connectivity index (χ4v) is 2.31. The zero-order valence-electron chi connectivity index (χ0n) is 11.5. The molecule has 0 saturated carbocycles. The van der Waals surface area contributed by atoms with Gasteiger partial charge in [0.25, 0.3) is 5.91 Å². The molecule has 108 valence electrons. The lowest BCUT2D eigenvalue weighted by Gasteiger charge is -2.22. The van der Waals surface area contributed by atoms with E-state index in [1.165, 1.54) is 0 Å². The summed E-state index contributed by atoms with van der Waals surface area (Å²) in [6.07, 6.45) is 0. The maximum Gasteiger partial charge on any atom is 0.251 e. The minimum Gasteiger partial charge on any atom is -0.486 e. The number of carbonyl (C=O) groups excluding carboxylic acids is 1. The van der Waals surface area contributed by atoms with Crippen LogP contribution in [0.15, 0.2) is 18.2 Å². The van der Waals surface area contributed by atoms with E-state index >= 15 is 0 Å². The molecule has 1 heterocycles. The van der Waals surface area contributed by atoms with Gasteiger partial charge in [0.15, 0.2) is 11.5 Å². The van der Waals surface area contributed by atoms with E-state index in [0.29, 0.717) is 30.3 Å². The molecule has 1 aromatic rings. The zero-order valence-corrected chi connectivity index (χ0v) is 12.3. The number of nitrogens with two attached hydrogens (primary N) is 1. The molecule has 1 aliphatic rings. The van der Waals surface area contributed by atoms with E-state index in [0.717, 1.165) is 0 Å². The number of hydrogen-bond donors (Lipinski definition) is 2. The molecule has 0 saturated heterocycles. The van der Waals surface area contributed by atoms with Crippen LogP contribution in [-0.4, -0.2) is 30.2 Å². The third-order valence-electron chi connectivity index (χ3n) is 3.06. The van der Waals surface area contributed by atoms with Gasteiger partial charge in [-0.25, -0.2) is 0 Å². The average Bonchev–Trinajstić information content (AvgIpc) is 2.43. The number of hydrogen-bond acceptors (Lipinski definition) is 4. The van der Waals surface area contributed by atoms with Gasteiger partial charge in [-0.3, -0.25) is 4.79 Å². The fourth-order valence-electron chi connectivity index (χ4n) is 1.98. The molecule has 0 aliphatic carbocycles. The lowest BCUT2D eigenvalue weighted by Crippen LogP contribution is -2.46. The Morgan fingerprint density at radius 3 is 2.55 bits per heavy atom. The molecular formula is C14H18N2O3S. The number of amides is 1. The molecule has 2 rings (SSSR count). The summed E-state index contributed by atoms with van der Waals surface area (Å²) in [4.78, 5) is 12.5. The maximum absolute atomic E-state index is 12.2. The van der Waals surface area contributed by atoms with Crippen LogP contribution in [-0.2, 0) is 0 Å². The standard InChI is InChI=1S/C14H18N2O3S/c1-8(2)12(13(15)20)16-14(17)9-3-4-10-11(7-9)19-6-5-18-10/h3-4,7-8,12H,5-6H2,1-2H3,(H2,15,20)(H,16,17). The zero-order chi connectivity index (χ0) is 14.7. The van der Waals surface area contributed by atoms with Gasteiger partial charge in [0.2, 0.25) is 0 Å². The monoisotopic (exact) mass is 294 g/mol. The second kappa shape index (κ2) is 6.09. The summed E-state index contributed by atoms with van der Waals surface area (Å²) < 4.78 is 10.9. The summed E-state index contributed by atoms with van der Waals surface area (Å²) in [6.45, 7) is 4.91. The van der Waals surface area contributed by atoms with Crippen LogP contribution >= 0.6 is 12.2 Å². The van der Waals surface area contributed by atoms with Crippen LogP contribution in [0.1, 0.15) is 24.2 Å². The highest BCUT2D eigenvalue weighted by molar-refractivity contribution is 7.80. The molecule has 1 atom stereocenters. The minimum atomic E-state index is -0.328. The predicted octanol–water partition coefficient (Wildman–Crippen LogP) is 1.50. The molecule has 0 bridgehead atoms. The first-order valence-electron chi connectivity index (χ1n) is 6.49. The Kier molecular flexibility index (Phi) is 4.44. The number of carbonyl (C=O) groups is 1. The quantitative estimate of drug-likeness (QED) is 0.823. The van der Waals surface area contributed by atoms with Crippen molar-refractivity contribution < 1.29 is 14.3 Å². The molecule has 1 aromatic carbocycles. The van der Waals surface area contributed by atoms with E-state index in [2.05, 4.69) is 5.32 Å². The Bertz CT molecular complexity index is 531. The number of benzene rings is 1. The summed E-state index contributed by atoms with van der Waals surface area (Å²) >= 11 is 4.98. The van der Waals surface area contributed by atoms with Crippen molar-refractivity contribution in [2.45, 2.75) is 19.9 Å². The summed E-state index contributed by atoms with van der Waals surface area (Å²) in [5.74, 6) is 1.14. The summed E-state index contributed by atoms with van der Waals surface area (Å²) in [5.41, 5.74) is 6.14. The van der Waals surface area contributed by atoms with E-state index < -0.39 is 0 Å². The van der Waals surface area contributed by atoms with Gasteiger partial charge in [-0.05, 0) is 24.1 Å². The third kappa shape index (κ3) is 3.19. The van der Waals surface area contributed by atoms with E-state index in [9.17, 15) is 4.79 Å². The van der Waals surface area contributed by atoms with Crippen molar-refractivity contribution in [3.63, 3.8) is 0 Å². The van der Waals surface area contributed by atoms with Crippen LogP contribution in [0.3, 0.4) is 0 Å². The largest absolute Gasteiger partial charge is 0.486 e. The lowest BCUT2D eigenvalue weighted by atomic mass is 10.0. The third-order valence-corrected chi connectivity index (χ3v) is 3.32. The van der Waals surface area contributed by atoms with Crippen molar-refractivity contribution >= 4 is 23.1 Å². The van der Waals surface area contributed by atoms with Crippen molar-refractivity contribution in [1.29, 1.82) is 0 Å². The minimum absolute atomic E-state index is 0.133. The van der Waals surface area contributed by atoms with Crippen LogP contribution in [0, 0.1) is 5.92 Å². The van der Waals surface area contributed by atoms with Gasteiger partial charge >= 0.3 is 0 Å². The van der Waals surface area contributed by atoms with Crippen molar-refractivity contribution in [1.82, 2.24) is 5.32 Å². The van der Waals surface area contributed by atoms with Crippen LogP contribution in [0.25, 0.3) is 0 Å². The van der Waals surface area contributed by atoms with Crippen LogP contribution in [0.4, 0.5) is 0 Å². The lowest BCUT2D eigenvalue weighted by molar-refractivity contribution is 0.0938. The van der Waals surface area contributed by atoms with Crippen molar-refractivity contribution in [3.8, 4) is 11.5 Å². The molecule has 20 heavy (non-hydrogen) atoms. The molecule has 3 N–H and O–H groups in total. The van der Waals surface area contributed by atoms with Crippen LogP contribution in [0.2, 0.25) is 0 Å². The molecular weight excluding hydrogens is 276 g/mol. The molecule has 0 radical (unpaired) electrons. The fraction of sp³-hybridized carbons (Fsp3) is 0.429. The average molecular weight is 294 g/mol. The van der Waals surface area contributed by atoms with Gasteiger partial charge in [0.1, 0.15) is 13.2 Å². The number of nitrogens with one attached hydrogen (secondary N) is 1. The molecule has 0 aromatic heterocycles. The molecule has 1 unspecified atom stereocenters. The van der Waals surface area contributed by atoms with Gasteiger partial charge in [0.05, 0.1) is 11.0 Å². The SMILES string of the molecule is CC(C)C(NC(=O)c1ccc2c(c1)OCCO2)C(N)=S. The van der Waals surface area contributed by atoms with Crippen molar-refractivity contribution in [2.75, 3.05) is 13.2 Å². The first-order chi connectivity index (χ1) is 9.49. The van der Waals surface area contributed by atoms with Crippen LogP contribution in [0.5, 0.6) is 11.5 Å². The molecule has 5 nitrogen and oxygen atoms in total. The normalized spacial score (nSPS) is 14.8. The Labute approximate surface area is 123 Å². The highest BCUT2D eigenvalue weighted by Crippen LogP contribution is 2.30. The van der Waals surface area contributed by atoms with E-state index in [1.54, 1.807) is 18.2 Å². The molecule has 0 fully saturated rings. The number of thiocarbonyl (C=S) groups is 1. The van der Waals surface area contributed by atoms with Gasteiger partial charge in [-0.2, -0.15) is 0 Å². The van der Waals surface area contributed by atoms with E-state index in [4.69, 9.17) is 27.4 Å². The molecule has 6 heteroatoms. The Morgan fingerprint density at radius 1 is 1.30 bits per heavy atom. The predicted molar refractivity (Wildman–Crippen MR) is 80.3 cm³/mol. The summed E-state index contributed by atoms with van der Waals surface area (Å²) in [5, 5.41) is 2.84. The first kappa shape index (κ1) is 14.6. The summed E-state index contributed by atoms with van der Waals surface area (Å²) in [7, 11) is 0. The Balaban J connectivity index is 2.15. The number of ether oxygens (including phenoxy) is 2. The second-order valence-corrected chi connectivity index (χ2v) is 5.43. The molecule has 0 spiro atoms. The smallest absolute Gasteiger partial charge is 0.251 e. The van der Waals surface area contributed by atoms with Gasteiger partial charge in [0, 0.05) is 5.56 Å². The Morgan fingerprint density at radius 2 is 1.95 bits per heavy atom. The Hall–Kier alpha value is -1.82. The highest BCUT2D eigenvalue weighted by Gasteiger charge is 2.21. The highest BCUT2D eigenvalue weighted by atomic mass is 32.1. The van der Waals surface area contributed by atoms with E-state index in [1.807, 2.05) is 13.8 Å². The summed E-state index contributed by atoms with van der Waals surface area (Å²) in [6, 6.07) is 4.76. The van der Waals surface area contributed by atoms with Gasteiger partial charge < -0.3 is 20.5 Å². The molecule has 1 amide bonds. The molecule has 1 aliphatic heterocycles. The van der Waals surface area contributed by atoms with E-state index in [-0.39, 0.29) is 22.9 Å². The van der Waals surface area contributed by atoms with Crippen molar-refractivity contribution in [3.05, 3.63) is 23.8 Å². The number of rotatable bonds is 4. The van der Waals surface area contributed by atoms with Crippen molar-refractivity contribution in [2.24, 2.45) is 11.7 Å².